The standard InChI is InChI=1S/C14H14O4/c1-8(2)12(16)13(17)10-5-3-4-9-6-7-11(15)18-14(9)10/h3-7,12-13,16-17H,1H2,2H3/t12-,13+/m0/s1. The Morgan fingerprint density at radius 1 is 1.28 bits per heavy atom. The van der Waals surface area contributed by atoms with Crippen LogP contribution in [0, 0.1) is 0 Å². The fourth-order valence-corrected chi connectivity index (χ4v) is 1.79. The number of rotatable bonds is 3. The molecule has 2 N–H and O–H groups in total. The van der Waals surface area contributed by atoms with Crippen LogP contribution in [0.3, 0.4) is 0 Å². The van der Waals surface area contributed by atoms with Gasteiger partial charge in [-0.3, -0.25) is 0 Å². The third kappa shape index (κ3) is 2.20. The van der Waals surface area contributed by atoms with Gasteiger partial charge in [-0.2, -0.15) is 0 Å². The van der Waals surface area contributed by atoms with Crippen molar-refractivity contribution < 1.29 is 14.6 Å². The first-order valence-corrected chi connectivity index (χ1v) is 5.55. The molecule has 4 heteroatoms. The maximum absolute atomic E-state index is 11.2. The van der Waals surface area contributed by atoms with E-state index in [2.05, 4.69) is 6.58 Å². The second-order valence-electron chi connectivity index (χ2n) is 4.26. The number of fused-ring (bicyclic) bond motifs is 1. The molecule has 0 radical (unpaired) electrons. The largest absolute Gasteiger partial charge is 0.422 e. The van der Waals surface area contributed by atoms with Gasteiger partial charge in [-0.1, -0.05) is 24.8 Å². The third-order valence-corrected chi connectivity index (χ3v) is 2.80. The van der Waals surface area contributed by atoms with Gasteiger partial charge in [-0.05, 0) is 18.6 Å². The van der Waals surface area contributed by atoms with Gasteiger partial charge in [0.1, 0.15) is 17.8 Å². The normalized spacial score (nSPS) is 14.4. The molecule has 0 saturated carbocycles. The highest BCUT2D eigenvalue weighted by Gasteiger charge is 2.22. The Bertz CT molecular complexity index is 642. The molecule has 2 aromatic rings. The van der Waals surface area contributed by atoms with Crippen molar-refractivity contribution in [3.05, 3.63) is 58.5 Å². The van der Waals surface area contributed by atoms with Crippen LogP contribution in [0.5, 0.6) is 0 Å². The Labute approximate surface area is 104 Å². The first-order chi connectivity index (χ1) is 8.50. The molecule has 0 spiro atoms. The Balaban J connectivity index is 2.60. The molecule has 0 aliphatic rings. The predicted octanol–water partition coefficient (Wildman–Crippen LogP) is 1.76. The molecule has 2 atom stereocenters. The summed E-state index contributed by atoms with van der Waals surface area (Å²) in [6, 6.07) is 8.04. The van der Waals surface area contributed by atoms with Gasteiger partial charge in [0.05, 0.1) is 0 Å². The maximum atomic E-state index is 11.2. The molecule has 1 aromatic carbocycles. The zero-order valence-corrected chi connectivity index (χ0v) is 9.96. The number of hydrogen-bond donors (Lipinski definition) is 2. The van der Waals surface area contributed by atoms with Crippen molar-refractivity contribution in [2.75, 3.05) is 0 Å². The molecular formula is C14H14O4. The highest BCUT2D eigenvalue weighted by molar-refractivity contribution is 5.80. The van der Waals surface area contributed by atoms with Crippen LogP contribution in [-0.4, -0.2) is 16.3 Å². The van der Waals surface area contributed by atoms with Crippen molar-refractivity contribution in [3.63, 3.8) is 0 Å². The van der Waals surface area contributed by atoms with Crippen molar-refractivity contribution in [1.82, 2.24) is 0 Å². The lowest BCUT2D eigenvalue weighted by Crippen LogP contribution is -2.19. The van der Waals surface area contributed by atoms with Crippen LogP contribution in [0.1, 0.15) is 18.6 Å². The second kappa shape index (κ2) is 4.76. The Morgan fingerprint density at radius 2 is 2.00 bits per heavy atom. The van der Waals surface area contributed by atoms with E-state index in [0.717, 1.165) is 0 Å². The topological polar surface area (TPSA) is 70.7 Å². The predicted molar refractivity (Wildman–Crippen MR) is 68.3 cm³/mol. The molecule has 1 aromatic heterocycles. The highest BCUT2D eigenvalue weighted by atomic mass is 16.4. The fraction of sp³-hybridized carbons (Fsp3) is 0.214. The van der Waals surface area contributed by atoms with Crippen molar-refractivity contribution in [2.24, 2.45) is 0 Å². The second-order valence-corrected chi connectivity index (χ2v) is 4.26. The smallest absolute Gasteiger partial charge is 0.336 e. The summed E-state index contributed by atoms with van der Waals surface area (Å²) < 4.78 is 5.09. The maximum Gasteiger partial charge on any atom is 0.336 e. The van der Waals surface area contributed by atoms with Crippen LogP contribution < -0.4 is 5.63 Å². The van der Waals surface area contributed by atoms with E-state index < -0.39 is 17.8 Å². The molecular weight excluding hydrogens is 232 g/mol. The summed E-state index contributed by atoms with van der Waals surface area (Å²) in [6.45, 7) is 5.22. The van der Waals surface area contributed by atoms with Gasteiger partial charge in [-0.15, -0.1) is 0 Å². The Kier molecular flexibility index (Phi) is 3.32. The fourth-order valence-electron chi connectivity index (χ4n) is 1.79. The van der Waals surface area contributed by atoms with E-state index in [1.54, 1.807) is 31.2 Å². The first kappa shape index (κ1) is 12.5. The molecule has 94 valence electrons. The zero-order valence-electron chi connectivity index (χ0n) is 9.96. The first-order valence-electron chi connectivity index (χ1n) is 5.55. The molecule has 4 nitrogen and oxygen atoms in total. The van der Waals surface area contributed by atoms with Gasteiger partial charge < -0.3 is 14.6 Å². The molecule has 0 aliphatic carbocycles. The number of aliphatic hydroxyl groups excluding tert-OH is 2. The van der Waals surface area contributed by atoms with E-state index in [4.69, 9.17) is 4.42 Å². The Hall–Kier alpha value is -1.91. The summed E-state index contributed by atoms with van der Waals surface area (Å²) in [6.07, 6.45) is -2.27. The quantitative estimate of drug-likeness (QED) is 0.639. The van der Waals surface area contributed by atoms with Gasteiger partial charge in [0.25, 0.3) is 0 Å². The van der Waals surface area contributed by atoms with Crippen molar-refractivity contribution in [3.8, 4) is 0 Å². The van der Waals surface area contributed by atoms with Crippen LogP contribution in [0.2, 0.25) is 0 Å². The van der Waals surface area contributed by atoms with Crippen LogP contribution >= 0.6 is 0 Å². The highest BCUT2D eigenvalue weighted by Crippen LogP contribution is 2.27. The number of hydrogen-bond acceptors (Lipinski definition) is 4. The minimum absolute atomic E-state index is 0.290. The molecule has 0 amide bonds. The summed E-state index contributed by atoms with van der Waals surface area (Å²) in [7, 11) is 0. The van der Waals surface area contributed by atoms with Crippen molar-refractivity contribution in [2.45, 2.75) is 19.1 Å². The summed E-state index contributed by atoms with van der Waals surface area (Å²) >= 11 is 0. The van der Waals surface area contributed by atoms with Crippen LogP contribution in [0.15, 0.2) is 51.7 Å². The average Bonchev–Trinajstić information content (AvgIpc) is 2.36. The van der Waals surface area contributed by atoms with E-state index in [-0.39, 0.29) is 5.58 Å². The molecule has 0 bridgehead atoms. The summed E-state index contributed by atoms with van der Waals surface area (Å²) in [5.41, 5.74) is 0.614. The van der Waals surface area contributed by atoms with Crippen LogP contribution in [-0.2, 0) is 0 Å². The van der Waals surface area contributed by atoms with Crippen LogP contribution in [0.25, 0.3) is 11.0 Å². The molecule has 0 unspecified atom stereocenters. The molecule has 1 heterocycles. The van der Waals surface area contributed by atoms with E-state index >= 15 is 0 Å². The lowest BCUT2D eigenvalue weighted by atomic mass is 9.98. The van der Waals surface area contributed by atoms with Crippen LogP contribution in [0.4, 0.5) is 0 Å². The summed E-state index contributed by atoms with van der Waals surface area (Å²) in [5, 5.41) is 20.6. The summed E-state index contributed by atoms with van der Waals surface area (Å²) in [4.78, 5) is 11.2. The SMILES string of the molecule is C=C(C)[C@H](O)[C@H](O)c1cccc2ccc(=O)oc12. The van der Waals surface area contributed by atoms with Gasteiger partial charge >= 0.3 is 5.63 Å². The lowest BCUT2D eigenvalue weighted by Gasteiger charge is -2.18. The molecule has 0 aliphatic heterocycles. The van der Waals surface area contributed by atoms with Gasteiger partial charge in [0.15, 0.2) is 0 Å². The minimum atomic E-state index is -1.17. The van der Waals surface area contributed by atoms with Crippen molar-refractivity contribution in [1.29, 1.82) is 0 Å². The molecule has 2 rings (SSSR count). The average molecular weight is 246 g/mol. The molecule has 0 fully saturated rings. The minimum Gasteiger partial charge on any atom is -0.422 e. The van der Waals surface area contributed by atoms with Gasteiger partial charge in [0, 0.05) is 17.0 Å². The summed E-state index contributed by atoms with van der Waals surface area (Å²) in [5.74, 6) is 0. The van der Waals surface area contributed by atoms with E-state index in [1.165, 1.54) is 6.07 Å². The third-order valence-electron chi connectivity index (χ3n) is 2.80. The zero-order chi connectivity index (χ0) is 13.3. The van der Waals surface area contributed by atoms with Crippen molar-refractivity contribution >= 4 is 11.0 Å². The monoisotopic (exact) mass is 246 g/mol. The van der Waals surface area contributed by atoms with Gasteiger partial charge in [0.2, 0.25) is 0 Å². The van der Waals surface area contributed by atoms with E-state index in [1.807, 2.05) is 0 Å². The lowest BCUT2D eigenvalue weighted by molar-refractivity contribution is 0.0418. The molecule has 18 heavy (non-hydrogen) atoms. The van der Waals surface area contributed by atoms with E-state index in [9.17, 15) is 15.0 Å². The number of benzene rings is 1. The Morgan fingerprint density at radius 3 is 2.67 bits per heavy atom. The van der Waals surface area contributed by atoms with Gasteiger partial charge in [-0.25, -0.2) is 4.79 Å². The molecule has 0 saturated heterocycles. The number of aliphatic hydroxyl groups is 2. The number of para-hydroxylation sites is 1. The van der Waals surface area contributed by atoms with E-state index in [0.29, 0.717) is 16.5 Å².